The van der Waals surface area contributed by atoms with Gasteiger partial charge in [-0.05, 0) is 13.8 Å². The van der Waals surface area contributed by atoms with E-state index >= 15 is 0 Å². The van der Waals surface area contributed by atoms with E-state index in [1.807, 2.05) is 13.8 Å². The van der Waals surface area contributed by atoms with Crippen molar-refractivity contribution in [1.29, 1.82) is 5.26 Å². The van der Waals surface area contributed by atoms with Crippen molar-refractivity contribution in [2.75, 3.05) is 13.2 Å². The molecule has 0 amide bonds. The summed E-state index contributed by atoms with van der Waals surface area (Å²) in [6, 6.07) is 3.96. The van der Waals surface area contributed by atoms with Crippen LogP contribution in [0, 0.1) is 11.3 Å². The van der Waals surface area contributed by atoms with E-state index in [9.17, 15) is 5.26 Å². The second-order valence-electron chi connectivity index (χ2n) is 4.68. The fraction of sp³-hybridized carbons (Fsp3) is 0.385. The van der Waals surface area contributed by atoms with Crippen molar-refractivity contribution >= 4 is 22.6 Å². The van der Waals surface area contributed by atoms with E-state index < -0.39 is 5.41 Å². The molecule has 0 aromatic carbocycles. The van der Waals surface area contributed by atoms with Crippen molar-refractivity contribution in [2.45, 2.75) is 19.3 Å². The largest absolute Gasteiger partial charge is 0.488 e. The highest BCUT2D eigenvalue weighted by atomic mass is 35.5. The predicted molar refractivity (Wildman–Crippen MR) is 72.3 cm³/mol. The first-order chi connectivity index (χ1) is 8.99. The van der Waals surface area contributed by atoms with Gasteiger partial charge in [-0.25, -0.2) is 4.98 Å². The molecular weight excluding hydrogens is 266 g/mol. The molecule has 0 bridgehead atoms. The average Bonchev–Trinajstić information content (AvgIpc) is 2.79. The van der Waals surface area contributed by atoms with Crippen LogP contribution in [-0.2, 0) is 5.41 Å². The van der Waals surface area contributed by atoms with Gasteiger partial charge in [0.05, 0.1) is 29.1 Å². The molecule has 5 nitrogen and oxygen atoms in total. The van der Waals surface area contributed by atoms with Crippen molar-refractivity contribution in [3.8, 4) is 11.8 Å². The Hall–Kier alpha value is -1.77. The lowest BCUT2D eigenvalue weighted by Crippen LogP contribution is -2.13. The first-order valence-corrected chi connectivity index (χ1v) is 6.20. The molecule has 0 unspecified atom stereocenters. The Bertz CT molecular complexity index is 643. The van der Waals surface area contributed by atoms with Crippen molar-refractivity contribution in [2.24, 2.45) is 0 Å². The number of aliphatic hydroxyl groups excluding tert-OH is 1. The number of nitrogens with zero attached hydrogens (tertiary/aromatic N) is 2. The van der Waals surface area contributed by atoms with E-state index in [1.165, 1.54) is 0 Å². The van der Waals surface area contributed by atoms with Crippen LogP contribution in [0.1, 0.15) is 19.4 Å². The van der Waals surface area contributed by atoms with E-state index in [2.05, 4.69) is 16.0 Å². The number of aromatic amines is 1. The van der Waals surface area contributed by atoms with Crippen LogP contribution in [0.4, 0.5) is 0 Å². The number of pyridine rings is 1. The molecule has 0 radical (unpaired) electrons. The Kier molecular flexibility index (Phi) is 3.65. The molecule has 2 aromatic rings. The zero-order valence-corrected chi connectivity index (χ0v) is 11.5. The molecule has 0 aliphatic carbocycles. The van der Waals surface area contributed by atoms with Gasteiger partial charge in [-0.1, -0.05) is 11.6 Å². The second-order valence-corrected chi connectivity index (χ2v) is 5.04. The Labute approximate surface area is 115 Å². The molecule has 0 spiro atoms. The van der Waals surface area contributed by atoms with Crippen LogP contribution >= 0.6 is 11.6 Å². The number of aliphatic hydroxyl groups is 1. The molecule has 2 heterocycles. The fourth-order valence-electron chi connectivity index (χ4n) is 1.80. The standard InChI is InChI=1S/C13H14ClN3O2/c1-13(2,7-15)8-6-16-9-5-10(19-4-3-18)12(14)17-11(8)9/h5-6,16,18H,3-4H2,1-2H3. The molecule has 2 rings (SSSR count). The van der Waals surface area contributed by atoms with Gasteiger partial charge in [-0.3, -0.25) is 0 Å². The number of halogens is 1. The van der Waals surface area contributed by atoms with Crippen LogP contribution in [0.25, 0.3) is 11.0 Å². The number of nitrogens with one attached hydrogen (secondary N) is 1. The zero-order valence-electron chi connectivity index (χ0n) is 10.7. The van der Waals surface area contributed by atoms with Gasteiger partial charge in [0.2, 0.25) is 0 Å². The molecule has 6 heteroatoms. The SMILES string of the molecule is CC(C)(C#N)c1c[nH]c2cc(OCCO)c(Cl)nc12. The van der Waals surface area contributed by atoms with Crippen LogP contribution in [0.3, 0.4) is 0 Å². The maximum atomic E-state index is 9.19. The third-order valence-corrected chi connectivity index (χ3v) is 3.14. The van der Waals surface area contributed by atoms with E-state index in [0.29, 0.717) is 11.3 Å². The highest BCUT2D eigenvalue weighted by Crippen LogP contribution is 2.33. The summed E-state index contributed by atoms with van der Waals surface area (Å²) in [5.41, 5.74) is 1.55. The molecule has 0 saturated carbocycles. The molecule has 0 saturated heterocycles. The molecular formula is C13H14ClN3O2. The molecule has 0 aliphatic rings. The van der Waals surface area contributed by atoms with E-state index in [0.717, 1.165) is 11.1 Å². The van der Waals surface area contributed by atoms with E-state index in [4.69, 9.17) is 21.4 Å². The summed E-state index contributed by atoms with van der Waals surface area (Å²) >= 11 is 6.05. The molecule has 0 aliphatic heterocycles. The van der Waals surface area contributed by atoms with Crippen LogP contribution in [0.2, 0.25) is 5.15 Å². The molecule has 2 aromatic heterocycles. The van der Waals surface area contributed by atoms with Crippen molar-refractivity contribution in [1.82, 2.24) is 9.97 Å². The van der Waals surface area contributed by atoms with Crippen LogP contribution in [0.15, 0.2) is 12.3 Å². The van der Waals surface area contributed by atoms with Gasteiger partial charge in [0, 0.05) is 17.8 Å². The number of rotatable bonds is 4. The third kappa shape index (κ3) is 2.50. The number of fused-ring (bicyclic) bond motifs is 1. The average molecular weight is 280 g/mol. The Morgan fingerprint density at radius 3 is 2.95 bits per heavy atom. The van der Waals surface area contributed by atoms with Crippen LogP contribution in [0.5, 0.6) is 5.75 Å². The van der Waals surface area contributed by atoms with Gasteiger partial charge in [-0.15, -0.1) is 0 Å². The Morgan fingerprint density at radius 2 is 2.32 bits per heavy atom. The molecule has 2 N–H and O–H groups in total. The molecule has 19 heavy (non-hydrogen) atoms. The monoisotopic (exact) mass is 279 g/mol. The summed E-state index contributed by atoms with van der Waals surface area (Å²) in [7, 11) is 0. The zero-order chi connectivity index (χ0) is 14.0. The van der Waals surface area contributed by atoms with Gasteiger partial charge in [0.25, 0.3) is 0 Å². The van der Waals surface area contributed by atoms with Gasteiger partial charge in [-0.2, -0.15) is 5.26 Å². The van der Waals surface area contributed by atoms with Gasteiger partial charge >= 0.3 is 0 Å². The first-order valence-electron chi connectivity index (χ1n) is 5.82. The Morgan fingerprint density at radius 1 is 1.58 bits per heavy atom. The summed E-state index contributed by atoms with van der Waals surface area (Å²) in [6.45, 7) is 3.71. The van der Waals surface area contributed by atoms with Crippen molar-refractivity contribution in [3.05, 3.63) is 23.0 Å². The number of hydrogen-bond acceptors (Lipinski definition) is 4. The van der Waals surface area contributed by atoms with Gasteiger partial charge in [0.1, 0.15) is 6.61 Å². The summed E-state index contributed by atoms with van der Waals surface area (Å²) in [5.74, 6) is 0.409. The smallest absolute Gasteiger partial charge is 0.171 e. The minimum Gasteiger partial charge on any atom is -0.488 e. The lowest BCUT2D eigenvalue weighted by atomic mass is 9.87. The third-order valence-electron chi connectivity index (χ3n) is 2.87. The van der Waals surface area contributed by atoms with E-state index in [1.54, 1.807) is 12.3 Å². The molecule has 100 valence electrons. The van der Waals surface area contributed by atoms with Crippen LogP contribution < -0.4 is 4.74 Å². The van der Waals surface area contributed by atoms with Gasteiger partial charge in [0.15, 0.2) is 10.9 Å². The highest BCUT2D eigenvalue weighted by molar-refractivity contribution is 6.31. The molecule has 0 fully saturated rings. The van der Waals surface area contributed by atoms with Crippen LogP contribution in [-0.4, -0.2) is 28.3 Å². The Balaban J connectivity index is 2.52. The topological polar surface area (TPSA) is 81.9 Å². The fourth-order valence-corrected chi connectivity index (χ4v) is 1.99. The summed E-state index contributed by atoms with van der Waals surface area (Å²) in [5, 5.41) is 18.1. The van der Waals surface area contributed by atoms with Gasteiger partial charge < -0.3 is 14.8 Å². The number of hydrogen-bond donors (Lipinski definition) is 2. The number of aromatic nitrogens is 2. The summed E-state index contributed by atoms with van der Waals surface area (Å²) in [6.07, 6.45) is 1.76. The maximum Gasteiger partial charge on any atom is 0.171 e. The summed E-state index contributed by atoms with van der Waals surface area (Å²) in [4.78, 5) is 7.34. The summed E-state index contributed by atoms with van der Waals surface area (Å²) < 4.78 is 5.29. The molecule has 0 atom stereocenters. The number of ether oxygens (including phenoxy) is 1. The number of H-pyrrole nitrogens is 1. The highest BCUT2D eigenvalue weighted by Gasteiger charge is 2.25. The lowest BCUT2D eigenvalue weighted by Gasteiger charge is -2.13. The predicted octanol–water partition coefficient (Wildman–Crippen LogP) is 2.39. The lowest BCUT2D eigenvalue weighted by molar-refractivity contribution is 0.201. The minimum atomic E-state index is -0.651. The van der Waals surface area contributed by atoms with E-state index in [-0.39, 0.29) is 18.4 Å². The van der Waals surface area contributed by atoms with Crippen molar-refractivity contribution in [3.63, 3.8) is 0 Å². The number of nitriles is 1. The van der Waals surface area contributed by atoms with Crippen molar-refractivity contribution < 1.29 is 9.84 Å². The normalized spacial score (nSPS) is 11.5. The first kappa shape index (κ1) is 13.7. The minimum absolute atomic E-state index is 0.0915. The second kappa shape index (κ2) is 5.08. The maximum absolute atomic E-state index is 9.19. The quantitative estimate of drug-likeness (QED) is 0.842.